The van der Waals surface area contributed by atoms with E-state index in [1.807, 2.05) is 30.3 Å². The van der Waals surface area contributed by atoms with Crippen LogP contribution in [-0.4, -0.2) is 4.98 Å². The zero-order valence-corrected chi connectivity index (χ0v) is 9.06. The Balaban J connectivity index is 2.05. The van der Waals surface area contributed by atoms with Crippen LogP contribution in [0.15, 0.2) is 42.6 Å². The molecule has 0 aliphatic rings. The second-order valence-electron chi connectivity index (χ2n) is 3.79. The number of rotatable bonds is 3. The molecule has 0 unspecified atom stereocenters. The van der Waals surface area contributed by atoms with Crippen molar-refractivity contribution in [3.05, 3.63) is 53.7 Å². The summed E-state index contributed by atoms with van der Waals surface area (Å²) in [4.78, 5) is 4.06. The van der Waals surface area contributed by atoms with Crippen LogP contribution >= 0.6 is 0 Å². The van der Waals surface area contributed by atoms with Gasteiger partial charge in [-0.15, -0.1) is 0 Å². The largest absolute Gasteiger partial charge is 0.399 e. The molecule has 82 valence electrons. The van der Waals surface area contributed by atoms with Gasteiger partial charge in [0.15, 0.2) is 0 Å². The maximum atomic E-state index is 5.78. The van der Waals surface area contributed by atoms with Gasteiger partial charge in [0.1, 0.15) is 5.82 Å². The van der Waals surface area contributed by atoms with Crippen LogP contribution in [-0.2, 0) is 12.8 Å². The summed E-state index contributed by atoms with van der Waals surface area (Å²) in [5.74, 6) is 0.617. The van der Waals surface area contributed by atoms with Gasteiger partial charge in [-0.05, 0) is 42.2 Å². The maximum absolute atomic E-state index is 5.78. The number of benzene rings is 1. The molecule has 3 heteroatoms. The second kappa shape index (κ2) is 4.66. The first kappa shape index (κ1) is 10.5. The van der Waals surface area contributed by atoms with E-state index in [-0.39, 0.29) is 0 Å². The lowest BCUT2D eigenvalue weighted by Gasteiger charge is -2.05. The van der Waals surface area contributed by atoms with Crippen molar-refractivity contribution >= 4 is 11.5 Å². The first-order chi connectivity index (χ1) is 7.75. The molecule has 0 aliphatic heterocycles. The smallest absolute Gasteiger partial charge is 0.126 e. The molecule has 1 heterocycles. The van der Waals surface area contributed by atoms with Gasteiger partial charge >= 0.3 is 0 Å². The van der Waals surface area contributed by atoms with Crippen molar-refractivity contribution in [1.29, 1.82) is 0 Å². The van der Waals surface area contributed by atoms with Gasteiger partial charge in [-0.3, -0.25) is 0 Å². The minimum Gasteiger partial charge on any atom is -0.399 e. The van der Waals surface area contributed by atoms with Crippen molar-refractivity contribution in [2.75, 3.05) is 11.5 Å². The SMILES string of the molecule is Nc1cccc(CCc2cccnc2N)c1. The fourth-order valence-electron chi connectivity index (χ4n) is 1.69. The standard InChI is InChI=1S/C13H15N3/c14-12-5-1-3-10(9-12)6-7-11-4-2-8-16-13(11)15/h1-5,8-9H,6-7,14H2,(H2,15,16). The molecule has 0 spiro atoms. The predicted octanol–water partition coefficient (Wildman–Crippen LogP) is 2.03. The number of anilines is 2. The quantitative estimate of drug-likeness (QED) is 0.767. The van der Waals surface area contributed by atoms with Crippen LogP contribution in [0, 0.1) is 0 Å². The van der Waals surface area contributed by atoms with E-state index >= 15 is 0 Å². The summed E-state index contributed by atoms with van der Waals surface area (Å²) >= 11 is 0. The van der Waals surface area contributed by atoms with E-state index in [4.69, 9.17) is 11.5 Å². The number of aromatic nitrogens is 1. The molecule has 0 amide bonds. The van der Waals surface area contributed by atoms with E-state index in [0.29, 0.717) is 5.82 Å². The number of nitrogens with zero attached hydrogens (tertiary/aromatic N) is 1. The molecule has 0 saturated heterocycles. The molecule has 0 saturated carbocycles. The molecule has 0 aliphatic carbocycles. The third-order valence-corrected chi connectivity index (χ3v) is 2.56. The molecule has 0 radical (unpaired) electrons. The molecule has 3 nitrogen and oxygen atoms in total. The number of pyridine rings is 1. The molecule has 2 rings (SSSR count). The minimum atomic E-state index is 0.617. The van der Waals surface area contributed by atoms with E-state index in [1.54, 1.807) is 6.20 Å². The lowest BCUT2D eigenvalue weighted by molar-refractivity contribution is 0.955. The van der Waals surface area contributed by atoms with Crippen LogP contribution in [0.1, 0.15) is 11.1 Å². The first-order valence-electron chi connectivity index (χ1n) is 5.29. The molecule has 2 aromatic rings. The summed E-state index contributed by atoms with van der Waals surface area (Å²) in [5, 5.41) is 0. The fraction of sp³-hybridized carbons (Fsp3) is 0.154. The third kappa shape index (κ3) is 2.51. The van der Waals surface area contributed by atoms with Crippen LogP contribution in [0.2, 0.25) is 0 Å². The molecule has 0 atom stereocenters. The van der Waals surface area contributed by atoms with E-state index in [2.05, 4.69) is 11.1 Å². The zero-order chi connectivity index (χ0) is 11.4. The predicted molar refractivity (Wildman–Crippen MR) is 66.9 cm³/mol. The first-order valence-corrected chi connectivity index (χ1v) is 5.29. The molecule has 16 heavy (non-hydrogen) atoms. The van der Waals surface area contributed by atoms with Gasteiger partial charge in [0.05, 0.1) is 0 Å². The Morgan fingerprint density at radius 3 is 2.62 bits per heavy atom. The topological polar surface area (TPSA) is 64.9 Å². The Morgan fingerprint density at radius 1 is 1.00 bits per heavy atom. The summed E-state index contributed by atoms with van der Waals surface area (Å²) in [6, 6.07) is 11.8. The molecular weight excluding hydrogens is 198 g/mol. The van der Waals surface area contributed by atoms with Crippen molar-refractivity contribution in [1.82, 2.24) is 4.98 Å². The molecular formula is C13H15N3. The Hall–Kier alpha value is -2.03. The molecule has 0 fully saturated rings. The van der Waals surface area contributed by atoms with Crippen LogP contribution in [0.25, 0.3) is 0 Å². The number of hydrogen-bond donors (Lipinski definition) is 2. The zero-order valence-electron chi connectivity index (χ0n) is 9.06. The highest BCUT2D eigenvalue weighted by atomic mass is 14.8. The van der Waals surface area contributed by atoms with E-state index in [1.165, 1.54) is 5.56 Å². The highest BCUT2D eigenvalue weighted by molar-refractivity contribution is 5.42. The Morgan fingerprint density at radius 2 is 1.88 bits per heavy atom. The van der Waals surface area contributed by atoms with Gasteiger partial charge in [-0.1, -0.05) is 18.2 Å². The van der Waals surface area contributed by atoms with Crippen LogP contribution in [0.3, 0.4) is 0 Å². The van der Waals surface area contributed by atoms with Gasteiger partial charge in [-0.2, -0.15) is 0 Å². The van der Waals surface area contributed by atoms with Crippen molar-refractivity contribution < 1.29 is 0 Å². The second-order valence-corrected chi connectivity index (χ2v) is 3.79. The van der Waals surface area contributed by atoms with Crippen LogP contribution < -0.4 is 11.5 Å². The van der Waals surface area contributed by atoms with Crippen molar-refractivity contribution in [3.63, 3.8) is 0 Å². The average molecular weight is 213 g/mol. The van der Waals surface area contributed by atoms with Crippen LogP contribution in [0.5, 0.6) is 0 Å². The van der Waals surface area contributed by atoms with E-state index in [0.717, 1.165) is 24.1 Å². The maximum Gasteiger partial charge on any atom is 0.126 e. The minimum absolute atomic E-state index is 0.617. The van der Waals surface area contributed by atoms with Gasteiger partial charge < -0.3 is 11.5 Å². The van der Waals surface area contributed by atoms with Crippen molar-refractivity contribution in [2.24, 2.45) is 0 Å². The third-order valence-electron chi connectivity index (χ3n) is 2.56. The molecule has 0 bridgehead atoms. The van der Waals surface area contributed by atoms with E-state index < -0.39 is 0 Å². The fourth-order valence-corrected chi connectivity index (χ4v) is 1.69. The monoisotopic (exact) mass is 213 g/mol. The van der Waals surface area contributed by atoms with Crippen molar-refractivity contribution in [3.8, 4) is 0 Å². The highest BCUT2D eigenvalue weighted by Gasteiger charge is 2.00. The van der Waals surface area contributed by atoms with E-state index in [9.17, 15) is 0 Å². The lowest BCUT2D eigenvalue weighted by Crippen LogP contribution is -1.99. The Kier molecular flexibility index (Phi) is 3.05. The lowest BCUT2D eigenvalue weighted by atomic mass is 10.0. The van der Waals surface area contributed by atoms with Crippen LogP contribution in [0.4, 0.5) is 11.5 Å². The highest BCUT2D eigenvalue weighted by Crippen LogP contribution is 2.13. The van der Waals surface area contributed by atoms with Crippen molar-refractivity contribution in [2.45, 2.75) is 12.8 Å². The van der Waals surface area contributed by atoms with Gasteiger partial charge in [-0.25, -0.2) is 4.98 Å². The van der Waals surface area contributed by atoms with Gasteiger partial charge in [0.2, 0.25) is 0 Å². The summed E-state index contributed by atoms with van der Waals surface area (Å²) in [6.45, 7) is 0. The van der Waals surface area contributed by atoms with Gasteiger partial charge in [0, 0.05) is 11.9 Å². The number of hydrogen-bond acceptors (Lipinski definition) is 3. The van der Waals surface area contributed by atoms with Gasteiger partial charge in [0.25, 0.3) is 0 Å². The Bertz CT molecular complexity index is 480. The molecule has 1 aromatic heterocycles. The summed E-state index contributed by atoms with van der Waals surface area (Å²) < 4.78 is 0. The number of nitrogens with two attached hydrogens (primary N) is 2. The normalized spacial score (nSPS) is 10.2. The Labute approximate surface area is 95.1 Å². The molecule has 1 aromatic carbocycles. The summed E-state index contributed by atoms with van der Waals surface area (Å²) in [5.41, 5.74) is 14.6. The number of aryl methyl sites for hydroxylation is 2. The summed E-state index contributed by atoms with van der Waals surface area (Å²) in [7, 11) is 0. The molecule has 4 N–H and O–H groups in total. The average Bonchev–Trinajstić information content (AvgIpc) is 2.28. The number of nitrogen functional groups attached to an aromatic ring is 2. The summed E-state index contributed by atoms with van der Waals surface area (Å²) in [6.07, 6.45) is 3.53.